The quantitative estimate of drug-likeness (QED) is 0.0251. The second-order valence-corrected chi connectivity index (χ2v) is 16.2. The maximum Gasteiger partial charge on any atom is 0.306 e. The van der Waals surface area contributed by atoms with Gasteiger partial charge in [0.25, 0.3) is 0 Å². The van der Waals surface area contributed by atoms with E-state index in [0.29, 0.717) is 13.0 Å². The summed E-state index contributed by atoms with van der Waals surface area (Å²) in [6.45, 7) is 3.64. The molecule has 0 amide bonds. The highest BCUT2D eigenvalue weighted by Gasteiger charge is 2.47. The molecule has 0 aliphatic carbocycles. The fraction of sp³-hybridized carbons (Fsp3) is 0.932. The summed E-state index contributed by atoms with van der Waals surface area (Å²) in [7, 11) is 0. The van der Waals surface area contributed by atoms with Crippen LogP contribution in [-0.4, -0.2) is 142 Å². The molecule has 0 spiro atoms. The van der Waals surface area contributed by atoms with Crippen LogP contribution in [0.3, 0.4) is 0 Å². The number of hydrogen-bond donors (Lipinski definition) is 7. The number of aliphatic hydroxyl groups is 7. The molecule has 7 N–H and O–H groups in total. The van der Waals surface area contributed by atoms with Crippen molar-refractivity contribution in [2.24, 2.45) is 0 Å². The van der Waals surface area contributed by atoms with Crippen molar-refractivity contribution in [1.82, 2.24) is 0 Å². The topological polar surface area (TPSA) is 214 Å². The van der Waals surface area contributed by atoms with Gasteiger partial charge in [-0.3, -0.25) is 4.79 Å². The van der Waals surface area contributed by atoms with Gasteiger partial charge in [0.15, 0.2) is 12.6 Å². The van der Waals surface area contributed by atoms with Crippen LogP contribution in [0.2, 0.25) is 0 Å². The Morgan fingerprint density at radius 2 is 1.02 bits per heavy atom. The van der Waals surface area contributed by atoms with Crippen molar-refractivity contribution in [2.45, 2.75) is 229 Å². The lowest BCUT2D eigenvalue weighted by molar-refractivity contribution is -0.332. The van der Waals surface area contributed by atoms with Gasteiger partial charge in [-0.05, 0) is 38.5 Å². The second kappa shape index (κ2) is 33.4. The Balaban J connectivity index is 1.79. The molecular weight excluding hydrogens is 752 g/mol. The number of ether oxygens (including phenoxy) is 6. The highest BCUT2D eigenvalue weighted by Crippen LogP contribution is 2.26. The smallest absolute Gasteiger partial charge is 0.306 e. The Morgan fingerprint density at radius 1 is 0.552 bits per heavy atom. The zero-order valence-corrected chi connectivity index (χ0v) is 35.8. The van der Waals surface area contributed by atoms with E-state index in [1.165, 1.54) is 77.0 Å². The van der Waals surface area contributed by atoms with Crippen LogP contribution in [0.1, 0.15) is 162 Å². The van der Waals surface area contributed by atoms with Gasteiger partial charge in [-0.15, -0.1) is 0 Å². The molecule has 2 fully saturated rings. The van der Waals surface area contributed by atoms with Gasteiger partial charge in [-0.25, -0.2) is 0 Å². The van der Waals surface area contributed by atoms with Crippen molar-refractivity contribution in [3.8, 4) is 0 Å². The Labute approximate surface area is 348 Å². The number of allylic oxidation sites excluding steroid dienone is 2. The summed E-state index contributed by atoms with van der Waals surface area (Å²) in [5.41, 5.74) is 0. The van der Waals surface area contributed by atoms with E-state index in [-0.39, 0.29) is 25.6 Å². The average Bonchev–Trinajstić information content (AvgIpc) is 3.22. The van der Waals surface area contributed by atoms with E-state index in [1.54, 1.807) is 0 Å². The molecule has 2 rings (SSSR count). The van der Waals surface area contributed by atoms with Crippen LogP contribution in [0.25, 0.3) is 0 Å². The van der Waals surface area contributed by atoms with E-state index in [9.17, 15) is 40.5 Å². The number of rotatable bonds is 35. The average molecular weight is 835 g/mol. The molecule has 0 aromatic rings. The lowest BCUT2D eigenvalue weighted by Crippen LogP contribution is -2.61. The molecule has 0 radical (unpaired) electrons. The predicted molar refractivity (Wildman–Crippen MR) is 220 cm³/mol. The van der Waals surface area contributed by atoms with Crippen LogP contribution in [0, 0.1) is 0 Å². The standard InChI is InChI=1S/C44H82O14/c1-3-5-7-9-11-13-14-15-16-17-18-19-20-21-23-25-27-36(46)56-33(30-53-28-26-24-22-12-10-8-6-4-2)31-54-43-42(52)40(50)38(48)35(58-43)32-55-44-41(51)39(49)37(47)34(29-45)57-44/h16-17,33-35,37-45,47-52H,3-15,18-32H2,1-2H3/b17-16-. The third-order valence-electron chi connectivity index (χ3n) is 11.0. The number of carbonyl (C=O) groups excluding carboxylic acids is 1. The zero-order valence-electron chi connectivity index (χ0n) is 35.8. The number of hydrogen-bond acceptors (Lipinski definition) is 14. The molecule has 0 saturated carbocycles. The Bertz CT molecular complexity index is 1020. The highest BCUT2D eigenvalue weighted by atomic mass is 16.7. The first-order valence-corrected chi connectivity index (χ1v) is 22.8. The fourth-order valence-corrected chi connectivity index (χ4v) is 7.22. The third-order valence-corrected chi connectivity index (χ3v) is 11.0. The maximum absolute atomic E-state index is 12.9. The molecule has 2 heterocycles. The molecule has 14 heteroatoms. The number of aliphatic hydroxyl groups excluding tert-OH is 7. The highest BCUT2D eigenvalue weighted by molar-refractivity contribution is 5.69. The first-order chi connectivity index (χ1) is 28.1. The first-order valence-electron chi connectivity index (χ1n) is 22.8. The third kappa shape index (κ3) is 22.0. The normalized spacial score (nSPS) is 28.3. The molecule has 342 valence electrons. The van der Waals surface area contributed by atoms with E-state index in [1.807, 2.05) is 0 Å². The van der Waals surface area contributed by atoms with Crippen LogP contribution in [0.15, 0.2) is 12.2 Å². The van der Waals surface area contributed by atoms with Crippen LogP contribution in [-0.2, 0) is 33.2 Å². The van der Waals surface area contributed by atoms with Crippen molar-refractivity contribution in [3.63, 3.8) is 0 Å². The Hall–Kier alpha value is -1.27. The SMILES string of the molecule is CCCCCCCCC/C=C\CCCCCCCC(=O)OC(COCCCCCCCCCC)COC1OC(COC2OC(CO)C(O)C(O)C2O)C(O)C(O)C1O. The molecule has 11 unspecified atom stereocenters. The minimum atomic E-state index is -1.70. The van der Waals surface area contributed by atoms with Gasteiger partial charge in [0.05, 0.1) is 26.4 Å². The van der Waals surface area contributed by atoms with Gasteiger partial charge < -0.3 is 64.2 Å². The van der Waals surface area contributed by atoms with E-state index < -0.39 is 80.7 Å². The molecule has 0 bridgehead atoms. The van der Waals surface area contributed by atoms with Crippen molar-refractivity contribution in [2.75, 3.05) is 33.0 Å². The first kappa shape index (κ1) is 52.9. The lowest BCUT2D eigenvalue weighted by atomic mass is 9.98. The Kier molecular flexibility index (Phi) is 30.4. The second-order valence-electron chi connectivity index (χ2n) is 16.2. The van der Waals surface area contributed by atoms with Gasteiger partial charge in [0.1, 0.15) is 54.9 Å². The summed E-state index contributed by atoms with van der Waals surface area (Å²) in [4.78, 5) is 12.9. The van der Waals surface area contributed by atoms with Crippen LogP contribution >= 0.6 is 0 Å². The summed E-state index contributed by atoms with van der Waals surface area (Å²) < 4.78 is 34.0. The summed E-state index contributed by atoms with van der Waals surface area (Å²) in [6.07, 6.45) is 14.4. The van der Waals surface area contributed by atoms with Gasteiger partial charge in [-0.2, -0.15) is 0 Å². The summed E-state index contributed by atoms with van der Waals surface area (Å²) in [6, 6.07) is 0. The van der Waals surface area contributed by atoms with Crippen LogP contribution < -0.4 is 0 Å². The van der Waals surface area contributed by atoms with Crippen molar-refractivity contribution in [1.29, 1.82) is 0 Å². The molecule has 2 aliphatic rings. The molecule has 2 aliphatic heterocycles. The molecule has 58 heavy (non-hydrogen) atoms. The lowest BCUT2D eigenvalue weighted by Gasteiger charge is -2.42. The number of esters is 1. The van der Waals surface area contributed by atoms with Crippen molar-refractivity contribution >= 4 is 5.97 Å². The maximum atomic E-state index is 12.9. The number of carbonyl (C=O) groups is 1. The van der Waals surface area contributed by atoms with Crippen molar-refractivity contribution < 1.29 is 69.0 Å². The minimum Gasteiger partial charge on any atom is -0.457 e. The predicted octanol–water partition coefficient (Wildman–Crippen LogP) is 5.12. The van der Waals surface area contributed by atoms with Gasteiger partial charge >= 0.3 is 5.97 Å². The van der Waals surface area contributed by atoms with Gasteiger partial charge in [0, 0.05) is 13.0 Å². The monoisotopic (exact) mass is 835 g/mol. The van der Waals surface area contributed by atoms with E-state index in [0.717, 1.165) is 57.8 Å². The summed E-state index contributed by atoms with van der Waals surface area (Å²) >= 11 is 0. The summed E-state index contributed by atoms with van der Waals surface area (Å²) in [5.74, 6) is -0.385. The van der Waals surface area contributed by atoms with Gasteiger partial charge in [0.2, 0.25) is 0 Å². The molecule has 0 aromatic carbocycles. The summed E-state index contributed by atoms with van der Waals surface area (Å²) in [5, 5.41) is 71.8. The number of unbranched alkanes of at least 4 members (excludes halogenated alkanes) is 19. The van der Waals surface area contributed by atoms with Crippen LogP contribution in [0.5, 0.6) is 0 Å². The zero-order chi connectivity index (χ0) is 42.4. The molecular formula is C44H82O14. The van der Waals surface area contributed by atoms with E-state index in [2.05, 4.69) is 26.0 Å². The minimum absolute atomic E-state index is 0.0619. The molecule has 2 saturated heterocycles. The fourth-order valence-electron chi connectivity index (χ4n) is 7.22. The van der Waals surface area contributed by atoms with Gasteiger partial charge in [-0.1, -0.05) is 129 Å². The molecule has 0 aromatic heterocycles. The largest absolute Gasteiger partial charge is 0.457 e. The molecule has 11 atom stereocenters. The van der Waals surface area contributed by atoms with E-state index in [4.69, 9.17) is 28.4 Å². The van der Waals surface area contributed by atoms with Crippen molar-refractivity contribution in [3.05, 3.63) is 12.2 Å². The molecule has 14 nitrogen and oxygen atoms in total. The van der Waals surface area contributed by atoms with E-state index >= 15 is 0 Å². The van der Waals surface area contributed by atoms with Crippen LogP contribution in [0.4, 0.5) is 0 Å². The Morgan fingerprint density at radius 3 is 1.57 bits per heavy atom.